The van der Waals surface area contributed by atoms with Crippen molar-refractivity contribution in [1.82, 2.24) is 0 Å². The van der Waals surface area contributed by atoms with Gasteiger partial charge in [0.2, 0.25) is 10.0 Å². The minimum Gasteiger partial charge on any atom is -0.307 e. The molecule has 1 rings (SSSR count). The number of carbonyl (C=O) groups excluding carboxylic acids is 1. The molecule has 4 nitrogen and oxygen atoms in total. The third kappa shape index (κ3) is 3.82. The van der Waals surface area contributed by atoms with Gasteiger partial charge in [0.15, 0.2) is 0 Å². The molecule has 1 aromatic rings. The fraction of sp³-hybridized carbons (Fsp3) is 0.125. The Labute approximate surface area is 77.4 Å². The van der Waals surface area contributed by atoms with E-state index in [1.165, 1.54) is 12.1 Å². The van der Waals surface area contributed by atoms with Gasteiger partial charge in [-0.05, 0) is 19.1 Å². The molecule has 0 saturated heterocycles. The molecule has 72 valence electrons. The van der Waals surface area contributed by atoms with Crippen molar-refractivity contribution in [2.24, 2.45) is 5.14 Å². The predicted octanol–water partition coefficient (Wildman–Crippen LogP) is 0.458. The second kappa shape index (κ2) is 4.74. The summed E-state index contributed by atoms with van der Waals surface area (Å²) in [6.45, 7) is 3.88. The molecule has 2 N–H and O–H groups in total. The molecule has 0 unspecified atom stereocenters. The first kappa shape index (κ1) is 11.8. The zero-order chi connectivity index (χ0) is 10.5. The predicted molar refractivity (Wildman–Crippen MR) is 49.7 cm³/mol. The van der Waals surface area contributed by atoms with Gasteiger partial charge in [-0.25, -0.2) is 13.6 Å². The summed E-state index contributed by atoms with van der Waals surface area (Å²) in [5.41, 5.74) is 1.01. The minimum absolute atomic E-state index is 0.156. The van der Waals surface area contributed by atoms with Crippen LogP contribution in [-0.4, -0.2) is 15.2 Å². The number of rotatable bonds is 1. The second-order valence-corrected chi connectivity index (χ2v) is 3.92. The Kier molecular flexibility index (Phi) is 4.30. The SMILES string of the molecule is C=O.Cc1ccc(S(N)(=O)=O)cc1. The maximum absolute atomic E-state index is 10.7. The van der Waals surface area contributed by atoms with E-state index in [4.69, 9.17) is 9.93 Å². The molecule has 1 aromatic carbocycles. The van der Waals surface area contributed by atoms with E-state index in [-0.39, 0.29) is 4.90 Å². The maximum Gasteiger partial charge on any atom is 0.238 e. The van der Waals surface area contributed by atoms with Crippen molar-refractivity contribution in [3.05, 3.63) is 29.8 Å². The highest BCUT2D eigenvalue weighted by atomic mass is 32.2. The monoisotopic (exact) mass is 201 g/mol. The van der Waals surface area contributed by atoms with Crippen LogP contribution in [0.4, 0.5) is 0 Å². The van der Waals surface area contributed by atoms with Gasteiger partial charge in [0.1, 0.15) is 6.79 Å². The van der Waals surface area contributed by atoms with Crippen molar-refractivity contribution in [3.63, 3.8) is 0 Å². The van der Waals surface area contributed by atoms with Crippen LogP contribution in [0.2, 0.25) is 0 Å². The third-order valence-corrected chi connectivity index (χ3v) is 2.28. The number of primary sulfonamides is 1. The Morgan fingerprint density at radius 1 is 1.15 bits per heavy atom. The van der Waals surface area contributed by atoms with E-state index in [2.05, 4.69) is 0 Å². The van der Waals surface area contributed by atoms with Crippen LogP contribution in [0.5, 0.6) is 0 Å². The lowest BCUT2D eigenvalue weighted by Crippen LogP contribution is -2.11. The van der Waals surface area contributed by atoms with Crippen molar-refractivity contribution >= 4 is 16.8 Å². The number of hydrogen-bond acceptors (Lipinski definition) is 3. The smallest absolute Gasteiger partial charge is 0.238 e. The largest absolute Gasteiger partial charge is 0.307 e. The number of aryl methyl sites for hydroxylation is 1. The van der Waals surface area contributed by atoms with Gasteiger partial charge in [0, 0.05) is 0 Å². The molecule has 0 amide bonds. The first-order chi connectivity index (χ1) is 6.00. The zero-order valence-corrected chi connectivity index (χ0v) is 8.04. The molecule has 0 saturated carbocycles. The summed E-state index contributed by atoms with van der Waals surface area (Å²) in [6, 6.07) is 6.40. The standard InChI is InChI=1S/C7H9NO2S.CH2O/c1-6-2-4-7(5-3-6)11(8,9)10;1-2/h2-5H,1H3,(H2,8,9,10);1H2. The highest BCUT2D eigenvalue weighted by molar-refractivity contribution is 7.89. The quantitative estimate of drug-likeness (QED) is 0.717. The molecule has 0 aliphatic heterocycles. The Morgan fingerprint density at radius 3 is 1.85 bits per heavy atom. The molecule has 0 radical (unpaired) electrons. The molecule has 13 heavy (non-hydrogen) atoms. The van der Waals surface area contributed by atoms with Crippen molar-refractivity contribution in [2.75, 3.05) is 0 Å². The van der Waals surface area contributed by atoms with Gasteiger partial charge in [-0.1, -0.05) is 17.7 Å². The van der Waals surface area contributed by atoms with E-state index in [0.29, 0.717) is 0 Å². The lowest BCUT2D eigenvalue weighted by atomic mass is 10.2. The maximum atomic E-state index is 10.7. The molecule has 0 aromatic heterocycles. The van der Waals surface area contributed by atoms with Gasteiger partial charge in [0.25, 0.3) is 0 Å². The second-order valence-electron chi connectivity index (χ2n) is 2.36. The zero-order valence-electron chi connectivity index (χ0n) is 7.23. The first-order valence-electron chi connectivity index (χ1n) is 3.38. The van der Waals surface area contributed by atoms with E-state index in [9.17, 15) is 8.42 Å². The molecule has 0 spiro atoms. The van der Waals surface area contributed by atoms with Crippen LogP contribution in [0, 0.1) is 6.92 Å². The number of sulfonamides is 1. The van der Waals surface area contributed by atoms with Gasteiger partial charge in [-0.3, -0.25) is 0 Å². The summed E-state index contributed by atoms with van der Waals surface area (Å²) in [6.07, 6.45) is 0. The van der Waals surface area contributed by atoms with Crippen LogP contribution in [0.1, 0.15) is 5.56 Å². The van der Waals surface area contributed by atoms with Crippen LogP contribution in [-0.2, 0) is 14.8 Å². The van der Waals surface area contributed by atoms with Crippen molar-refractivity contribution in [1.29, 1.82) is 0 Å². The van der Waals surface area contributed by atoms with Crippen molar-refractivity contribution < 1.29 is 13.2 Å². The molecule has 5 heteroatoms. The lowest BCUT2D eigenvalue weighted by molar-refractivity contribution is -0.0979. The fourth-order valence-electron chi connectivity index (χ4n) is 0.728. The van der Waals surface area contributed by atoms with Gasteiger partial charge >= 0.3 is 0 Å². The third-order valence-electron chi connectivity index (χ3n) is 1.35. The number of carbonyl (C=O) groups is 1. The molecule has 0 heterocycles. The van der Waals surface area contributed by atoms with Gasteiger partial charge in [-0.15, -0.1) is 0 Å². The highest BCUT2D eigenvalue weighted by Gasteiger charge is 2.04. The minimum atomic E-state index is -3.52. The summed E-state index contributed by atoms with van der Waals surface area (Å²) in [7, 11) is -3.52. The first-order valence-corrected chi connectivity index (χ1v) is 4.93. The van der Waals surface area contributed by atoms with E-state index in [1.54, 1.807) is 12.1 Å². The molecule has 0 atom stereocenters. The van der Waals surface area contributed by atoms with Crippen LogP contribution in [0.25, 0.3) is 0 Å². The fourth-order valence-corrected chi connectivity index (χ4v) is 1.24. The molecule has 0 bridgehead atoms. The molecular formula is C8H11NO3S. The number of benzene rings is 1. The van der Waals surface area contributed by atoms with Crippen LogP contribution in [0.3, 0.4) is 0 Å². The normalized spacial score (nSPS) is 10.0. The molecule has 0 aliphatic carbocycles. The molecule has 0 aliphatic rings. The Morgan fingerprint density at radius 2 is 1.54 bits per heavy atom. The Hall–Kier alpha value is -1.20. The molecular weight excluding hydrogens is 190 g/mol. The lowest BCUT2D eigenvalue weighted by Gasteiger charge is -1.96. The number of hydrogen-bond donors (Lipinski definition) is 1. The van der Waals surface area contributed by atoms with Crippen molar-refractivity contribution in [2.45, 2.75) is 11.8 Å². The van der Waals surface area contributed by atoms with Crippen LogP contribution < -0.4 is 5.14 Å². The molecule has 0 fully saturated rings. The van der Waals surface area contributed by atoms with Crippen molar-refractivity contribution in [3.8, 4) is 0 Å². The summed E-state index contributed by atoms with van der Waals surface area (Å²) < 4.78 is 21.4. The van der Waals surface area contributed by atoms with Crippen LogP contribution in [0.15, 0.2) is 29.2 Å². The average Bonchev–Trinajstić information content (AvgIpc) is 2.07. The van der Waals surface area contributed by atoms with E-state index < -0.39 is 10.0 Å². The Bertz CT molecular complexity index is 355. The van der Waals surface area contributed by atoms with Gasteiger partial charge in [0.05, 0.1) is 4.90 Å². The van der Waals surface area contributed by atoms with E-state index in [0.717, 1.165) is 5.56 Å². The van der Waals surface area contributed by atoms with Gasteiger partial charge in [-0.2, -0.15) is 0 Å². The van der Waals surface area contributed by atoms with Crippen LogP contribution >= 0.6 is 0 Å². The summed E-state index contributed by atoms with van der Waals surface area (Å²) >= 11 is 0. The summed E-state index contributed by atoms with van der Waals surface area (Å²) in [4.78, 5) is 8.16. The highest BCUT2D eigenvalue weighted by Crippen LogP contribution is 2.06. The topological polar surface area (TPSA) is 77.2 Å². The van der Waals surface area contributed by atoms with E-state index in [1.807, 2.05) is 13.7 Å². The Balaban J connectivity index is 0.000000671. The summed E-state index contributed by atoms with van der Waals surface area (Å²) in [5, 5.41) is 4.88. The summed E-state index contributed by atoms with van der Waals surface area (Å²) in [5.74, 6) is 0. The number of nitrogens with two attached hydrogens (primary N) is 1. The van der Waals surface area contributed by atoms with E-state index >= 15 is 0 Å². The van der Waals surface area contributed by atoms with Gasteiger partial charge < -0.3 is 4.79 Å². The average molecular weight is 201 g/mol.